The Bertz CT molecular complexity index is 1410. The van der Waals surface area contributed by atoms with E-state index >= 15 is 0 Å². The summed E-state index contributed by atoms with van der Waals surface area (Å²) in [5, 5.41) is 16.8. The lowest BCUT2D eigenvalue weighted by atomic mass is 9.95. The van der Waals surface area contributed by atoms with Crippen LogP contribution in [0.25, 0.3) is 22.2 Å². The van der Waals surface area contributed by atoms with E-state index in [0.717, 1.165) is 33.3 Å². The van der Waals surface area contributed by atoms with Crippen molar-refractivity contribution >= 4 is 65.0 Å². The highest BCUT2D eigenvalue weighted by atomic mass is 35.5. The van der Waals surface area contributed by atoms with Gasteiger partial charge in [-0.3, -0.25) is 10.8 Å². The van der Waals surface area contributed by atoms with E-state index in [1.807, 2.05) is 30.3 Å². The van der Waals surface area contributed by atoms with Gasteiger partial charge in [0.25, 0.3) is 0 Å². The summed E-state index contributed by atoms with van der Waals surface area (Å²) in [6, 6.07) is 18.1. The Morgan fingerprint density at radius 3 is 2.17 bits per heavy atom. The van der Waals surface area contributed by atoms with Crippen LogP contribution in [0, 0.1) is 10.8 Å². The number of hydrogen-bond donors (Lipinski definition) is 5. The maximum atomic E-state index is 12.4. The molecule has 0 aliphatic carbocycles. The molecule has 182 valence electrons. The van der Waals surface area contributed by atoms with Crippen molar-refractivity contribution < 1.29 is 9.53 Å². The Hall–Kier alpha value is -3.52. The van der Waals surface area contributed by atoms with E-state index in [-0.39, 0.29) is 36.5 Å². The van der Waals surface area contributed by atoms with Gasteiger partial charge in [-0.05, 0) is 34.9 Å². The number of fused-ring (bicyclic) bond motifs is 1. The first-order valence-corrected chi connectivity index (χ1v) is 10.5. The molecule has 0 aliphatic rings. The van der Waals surface area contributed by atoms with Gasteiger partial charge in [-0.1, -0.05) is 54.1 Å². The van der Waals surface area contributed by atoms with Crippen LogP contribution < -0.4 is 11.5 Å². The molecule has 0 bridgehead atoms. The number of carbonyl (C=O) groups excluding carboxylic acids is 1. The van der Waals surface area contributed by atoms with Gasteiger partial charge in [-0.25, -0.2) is 4.79 Å². The number of rotatable bonds is 6. The third kappa shape index (κ3) is 5.59. The molecule has 0 unspecified atom stereocenters. The molecule has 10 heteroatoms. The third-order valence-electron chi connectivity index (χ3n) is 5.55. The molecule has 0 atom stereocenters. The Morgan fingerprint density at radius 1 is 0.943 bits per heavy atom. The van der Waals surface area contributed by atoms with Crippen LogP contribution >= 0.6 is 36.4 Å². The van der Waals surface area contributed by atoms with Crippen molar-refractivity contribution in [3.05, 3.63) is 93.5 Å². The summed E-state index contributed by atoms with van der Waals surface area (Å²) < 4.78 is 4.96. The summed E-state index contributed by atoms with van der Waals surface area (Å²) in [5.41, 5.74) is 17.2. The molecular formula is C25H24Cl3N5O2. The van der Waals surface area contributed by atoms with Crippen molar-refractivity contribution in [1.29, 1.82) is 10.8 Å². The number of methoxy groups -OCH3 is 1. The highest BCUT2D eigenvalue weighted by Crippen LogP contribution is 2.34. The van der Waals surface area contributed by atoms with Crippen molar-refractivity contribution in [3.63, 3.8) is 0 Å². The first kappa shape index (κ1) is 27.7. The molecule has 0 saturated heterocycles. The third-order valence-corrected chi connectivity index (χ3v) is 5.78. The van der Waals surface area contributed by atoms with Gasteiger partial charge in [0, 0.05) is 33.5 Å². The molecule has 0 amide bonds. The maximum absolute atomic E-state index is 12.4. The van der Waals surface area contributed by atoms with E-state index in [0.29, 0.717) is 28.1 Å². The molecule has 0 radical (unpaired) electrons. The minimum Gasteiger partial charge on any atom is -0.465 e. The fraction of sp³-hybridized carbons (Fsp3) is 0.0800. The molecule has 7 N–H and O–H groups in total. The van der Waals surface area contributed by atoms with Gasteiger partial charge in [0.2, 0.25) is 0 Å². The van der Waals surface area contributed by atoms with Crippen LogP contribution in [0.4, 0.5) is 0 Å². The van der Waals surface area contributed by atoms with E-state index in [9.17, 15) is 4.79 Å². The zero-order chi connectivity index (χ0) is 23.7. The van der Waals surface area contributed by atoms with Crippen molar-refractivity contribution in [2.75, 3.05) is 7.11 Å². The van der Waals surface area contributed by atoms with Crippen LogP contribution in [0.3, 0.4) is 0 Å². The summed E-state index contributed by atoms with van der Waals surface area (Å²) in [6.45, 7) is 0. The van der Waals surface area contributed by atoms with E-state index in [1.165, 1.54) is 7.11 Å². The number of halogens is 3. The molecule has 0 spiro atoms. The minimum atomic E-state index is -0.460. The SMILES string of the molecule is COC(=O)c1cc(Cl)ccc1Cc1c(-c2ccc(C(=N)N)cc2)[nH]c2cc(C(=N)N)ccc12.Cl.Cl. The number of esters is 1. The van der Waals surface area contributed by atoms with E-state index in [2.05, 4.69) is 4.98 Å². The second-order valence-corrected chi connectivity index (χ2v) is 8.05. The van der Waals surface area contributed by atoms with Gasteiger partial charge in [-0.15, -0.1) is 24.8 Å². The molecule has 4 rings (SSSR count). The maximum Gasteiger partial charge on any atom is 0.338 e. The summed E-state index contributed by atoms with van der Waals surface area (Å²) in [6.07, 6.45) is 0.435. The first-order chi connectivity index (χ1) is 15.8. The smallest absolute Gasteiger partial charge is 0.338 e. The van der Waals surface area contributed by atoms with Crippen LogP contribution in [0.2, 0.25) is 5.02 Å². The minimum absolute atomic E-state index is 0. The fourth-order valence-electron chi connectivity index (χ4n) is 3.86. The molecule has 0 saturated carbocycles. The Morgan fingerprint density at radius 2 is 1.57 bits per heavy atom. The topological polar surface area (TPSA) is 142 Å². The van der Waals surface area contributed by atoms with Gasteiger partial charge in [0.1, 0.15) is 11.7 Å². The number of carbonyl (C=O) groups is 1. The number of nitrogens with two attached hydrogens (primary N) is 2. The normalized spacial score (nSPS) is 10.2. The number of aromatic nitrogens is 1. The predicted octanol–water partition coefficient (Wildman–Crippen LogP) is 5.28. The first-order valence-electron chi connectivity index (χ1n) is 10.1. The van der Waals surface area contributed by atoms with E-state index in [1.54, 1.807) is 30.3 Å². The quantitative estimate of drug-likeness (QED) is 0.131. The summed E-state index contributed by atoms with van der Waals surface area (Å²) in [5.74, 6) is -0.488. The number of H-pyrrole nitrogens is 1. The average Bonchev–Trinajstić information content (AvgIpc) is 3.17. The second-order valence-electron chi connectivity index (χ2n) is 7.61. The number of nitrogens with one attached hydrogen (secondary N) is 3. The van der Waals surface area contributed by atoms with Crippen molar-refractivity contribution in [2.45, 2.75) is 6.42 Å². The summed E-state index contributed by atoms with van der Waals surface area (Å²) in [7, 11) is 1.34. The number of hydrogen-bond acceptors (Lipinski definition) is 4. The highest BCUT2D eigenvalue weighted by Gasteiger charge is 2.19. The van der Waals surface area contributed by atoms with E-state index in [4.69, 9.17) is 38.6 Å². The summed E-state index contributed by atoms with van der Waals surface area (Å²) in [4.78, 5) is 15.8. The lowest BCUT2D eigenvalue weighted by molar-refractivity contribution is 0.0599. The standard InChI is InChI=1S/C25H22ClN5O2.2ClH/c1-33-25(32)19-12-17(26)8-6-15(19)10-20-18-9-7-16(24(29)30)11-21(18)31-22(20)13-2-4-14(5-3-13)23(27)28;;/h2-9,11-12,31H,10H2,1H3,(H3,27,28)(H3,29,30);2*1H. The Kier molecular flexibility index (Phi) is 8.93. The molecule has 7 nitrogen and oxygen atoms in total. The molecule has 0 fully saturated rings. The number of amidine groups is 2. The van der Waals surface area contributed by atoms with Gasteiger partial charge < -0.3 is 21.2 Å². The second kappa shape index (κ2) is 11.3. The lowest BCUT2D eigenvalue weighted by Gasteiger charge is -2.11. The van der Waals surface area contributed by atoms with Crippen LogP contribution in [-0.4, -0.2) is 29.7 Å². The molecule has 1 aromatic heterocycles. The molecular weight excluding hydrogens is 509 g/mol. The molecule has 4 aromatic rings. The van der Waals surface area contributed by atoms with Gasteiger partial charge >= 0.3 is 5.97 Å². The molecule has 3 aromatic carbocycles. The van der Waals surface area contributed by atoms with Crippen molar-refractivity contribution in [2.24, 2.45) is 11.5 Å². The monoisotopic (exact) mass is 531 g/mol. The van der Waals surface area contributed by atoms with Crippen molar-refractivity contribution in [1.82, 2.24) is 4.98 Å². The van der Waals surface area contributed by atoms with Gasteiger partial charge in [0.05, 0.1) is 18.4 Å². The number of aromatic amines is 1. The number of ether oxygens (including phenoxy) is 1. The van der Waals surface area contributed by atoms with Gasteiger partial charge in [-0.2, -0.15) is 0 Å². The van der Waals surface area contributed by atoms with Crippen LogP contribution in [0.1, 0.15) is 32.6 Å². The number of benzene rings is 3. The fourth-order valence-corrected chi connectivity index (χ4v) is 4.03. The number of nitrogen functional groups attached to an aromatic ring is 2. The van der Waals surface area contributed by atoms with Crippen LogP contribution in [0.15, 0.2) is 60.7 Å². The molecule has 0 aliphatic heterocycles. The van der Waals surface area contributed by atoms with Crippen molar-refractivity contribution in [3.8, 4) is 11.3 Å². The van der Waals surface area contributed by atoms with Crippen LogP contribution in [0.5, 0.6) is 0 Å². The zero-order valence-corrected chi connectivity index (χ0v) is 21.0. The molecule has 1 heterocycles. The Balaban J connectivity index is 0.00000216. The van der Waals surface area contributed by atoms with Crippen LogP contribution in [-0.2, 0) is 11.2 Å². The molecule has 35 heavy (non-hydrogen) atoms. The summed E-state index contributed by atoms with van der Waals surface area (Å²) >= 11 is 6.14. The average molecular weight is 533 g/mol. The van der Waals surface area contributed by atoms with Gasteiger partial charge in [0.15, 0.2) is 0 Å². The zero-order valence-electron chi connectivity index (χ0n) is 18.6. The largest absolute Gasteiger partial charge is 0.465 e. The predicted molar refractivity (Wildman–Crippen MR) is 146 cm³/mol. The van der Waals surface area contributed by atoms with E-state index < -0.39 is 5.97 Å². The lowest BCUT2D eigenvalue weighted by Crippen LogP contribution is -2.10. The highest BCUT2D eigenvalue weighted by molar-refractivity contribution is 6.31. The Labute approximate surface area is 219 Å².